The summed E-state index contributed by atoms with van der Waals surface area (Å²) < 4.78 is 39.9. The lowest BCUT2D eigenvalue weighted by Crippen LogP contribution is -2.53. The molecule has 42 heavy (non-hydrogen) atoms. The highest BCUT2D eigenvalue weighted by atomic mass is 32.2. The third-order valence-corrected chi connectivity index (χ3v) is 9.34. The van der Waals surface area contributed by atoms with Gasteiger partial charge in [0, 0.05) is 12.6 Å². The fraction of sp³-hybridized carbons (Fsp3) is 0.375. The summed E-state index contributed by atoms with van der Waals surface area (Å²) in [5.74, 6) is 0.0655. The first-order valence-corrected chi connectivity index (χ1v) is 15.7. The standard InChI is InChI=1S/C32H39N3O6S/c1-4-28(32(37)33-25-14-8-9-15-25)34(22-24-12-6-5-7-13-24)31(36)23-35(29-16-10-11-17-30(29)41-3)42(38,39)27-20-18-26(40-2)19-21-27/h5-7,10-13,16-21,25,28H,4,8-9,14-15,22-23H2,1-3H3,(H,33,37)/t28-/m0/s1. The van der Waals surface area contributed by atoms with Crippen LogP contribution in [0.2, 0.25) is 0 Å². The monoisotopic (exact) mass is 593 g/mol. The molecule has 1 fully saturated rings. The van der Waals surface area contributed by atoms with Crippen LogP contribution in [-0.4, -0.2) is 58.0 Å². The summed E-state index contributed by atoms with van der Waals surface area (Å²) >= 11 is 0. The molecule has 3 aromatic carbocycles. The summed E-state index contributed by atoms with van der Waals surface area (Å²) in [6.45, 7) is 1.48. The van der Waals surface area contributed by atoms with Crippen LogP contribution in [0.25, 0.3) is 0 Å². The highest BCUT2D eigenvalue weighted by Gasteiger charge is 2.35. The van der Waals surface area contributed by atoms with E-state index >= 15 is 0 Å². The molecule has 0 saturated heterocycles. The molecule has 0 radical (unpaired) electrons. The second kappa shape index (κ2) is 14.2. The second-order valence-electron chi connectivity index (χ2n) is 10.3. The maximum atomic E-state index is 14.2. The van der Waals surface area contributed by atoms with Crippen molar-refractivity contribution in [3.8, 4) is 11.5 Å². The van der Waals surface area contributed by atoms with E-state index in [2.05, 4.69) is 5.32 Å². The molecule has 9 nitrogen and oxygen atoms in total. The zero-order chi connectivity index (χ0) is 30.1. The van der Waals surface area contributed by atoms with Crippen LogP contribution in [0.15, 0.2) is 83.8 Å². The van der Waals surface area contributed by atoms with Gasteiger partial charge in [0.25, 0.3) is 10.0 Å². The SMILES string of the molecule is CC[C@@H](C(=O)NC1CCCC1)N(Cc1ccccc1)C(=O)CN(c1ccccc1OC)S(=O)(=O)c1ccc(OC)cc1. The number of benzene rings is 3. The Morgan fingerprint density at radius 1 is 0.905 bits per heavy atom. The van der Waals surface area contributed by atoms with Gasteiger partial charge in [-0.15, -0.1) is 0 Å². The Morgan fingerprint density at radius 2 is 1.55 bits per heavy atom. The summed E-state index contributed by atoms with van der Waals surface area (Å²) in [5, 5.41) is 3.12. The molecule has 0 unspecified atom stereocenters. The Morgan fingerprint density at radius 3 is 2.17 bits per heavy atom. The number of methoxy groups -OCH3 is 2. The van der Waals surface area contributed by atoms with E-state index in [9.17, 15) is 18.0 Å². The molecular weight excluding hydrogens is 554 g/mol. The Kier molecular flexibility index (Phi) is 10.5. The first-order chi connectivity index (χ1) is 20.3. The highest BCUT2D eigenvalue weighted by molar-refractivity contribution is 7.92. The van der Waals surface area contributed by atoms with Gasteiger partial charge in [-0.05, 0) is 61.2 Å². The summed E-state index contributed by atoms with van der Waals surface area (Å²) in [6.07, 6.45) is 4.32. The van der Waals surface area contributed by atoms with E-state index < -0.39 is 28.5 Å². The Bertz CT molecular complexity index is 1440. The van der Waals surface area contributed by atoms with Crippen LogP contribution in [0.3, 0.4) is 0 Å². The third-order valence-electron chi connectivity index (χ3n) is 7.56. The molecule has 0 aliphatic heterocycles. The molecule has 0 spiro atoms. The van der Waals surface area contributed by atoms with Gasteiger partial charge in [0.15, 0.2) is 0 Å². The van der Waals surface area contributed by atoms with E-state index in [1.54, 1.807) is 36.4 Å². The first-order valence-electron chi connectivity index (χ1n) is 14.2. The number of carbonyl (C=O) groups is 2. The Hall–Kier alpha value is -4.05. The topological polar surface area (TPSA) is 105 Å². The fourth-order valence-electron chi connectivity index (χ4n) is 5.29. The lowest BCUT2D eigenvalue weighted by atomic mass is 10.1. The van der Waals surface area contributed by atoms with Gasteiger partial charge in [-0.2, -0.15) is 0 Å². The summed E-state index contributed by atoms with van der Waals surface area (Å²) in [7, 11) is -1.29. The van der Waals surface area contributed by atoms with Crippen LogP contribution in [0.5, 0.6) is 11.5 Å². The van der Waals surface area contributed by atoms with Gasteiger partial charge in [0.2, 0.25) is 11.8 Å². The minimum Gasteiger partial charge on any atom is -0.497 e. The Labute approximate surface area is 248 Å². The van der Waals surface area contributed by atoms with Crippen LogP contribution in [-0.2, 0) is 26.2 Å². The zero-order valence-corrected chi connectivity index (χ0v) is 25.2. The molecule has 2 amide bonds. The number of anilines is 1. The zero-order valence-electron chi connectivity index (χ0n) is 24.4. The van der Waals surface area contributed by atoms with E-state index in [4.69, 9.17) is 9.47 Å². The molecule has 0 aromatic heterocycles. The molecule has 0 bridgehead atoms. The second-order valence-corrected chi connectivity index (χ2v) is 12.1. The van der Waals surface area contributed by atoms with Crippen molar-refractivity contribution >= 4 is 27.5 Å². The predicted molar refractivity (Wildman–Crippen MR) is 162 cm³/mol. The normalized spacial score (nSPS) is 14.2. The van der Waals surface area contributed by atoms with Crippen LogP contribution in [0.4, 0.5) is 5.69 Å². The van der Waals surface area contributed by atoms with Gasteiger partial charge in [-0.25, -0.2) is 8.42 Å². The predicted octanol–water partition coefficient (Wildman–Crippen LogP) is 4.77. The molecule has 224 valence electrons. The Balaban J connectivity index is 1.73. The molecule has 1 aliphatic carbocycles. The molecule has 3 aromatic rings. The lowest BCUT2D eigenvalue weighted by Gasteiger charge is -2.34. The van der Waals surface area contributed by atoms with Crippen LogP contribution in [0.1, 0.15) is 44.6 Å². The number of nitrogens with one attached hydrogen (secondary N) is 1. The van der Waals surface area contributed by atoms with Crippen molar-refractivity contribution in [1.82, 2.24) is 10.2 Å². The third kappa shape index (κ3) is 7.23. The molecule has 1 N–H and O–H groups in total. The van der Waals surface area contributed by atoms with Crippen molar-refractivity contribution in [1.29, 1.82) is 0 Å². The maximum Gasteiger partial charge on any atom is 0.264 e. The van der Waals surface area contributed by atoms with Crippen molar-refractivity contribution in [2.45, 2.75) is 62.6 Å². The van der Waals surface area contributed by atoms with Gasteiger partial charge in [0.1, 0.15) is 24.1 Å². The number of amides is 2. The first kappa shape index (κ1) is 30.9. The maximum absolute atomic E-state index is 14.2. The number of hydrogen-bond donors (Lipinski definition) is 1. The minimum atomic E-state index is -4.23. The molecule has 10 heteroatoms. The molecular formula is C32H39N3O6S. The van der Waals surface area contributed by atoms with E-state index in [1.807, 2.05) is 37.3 Å². The van der Waals surface area contributed by atoms with Gasteiger partial charge in [0.05, 0.1) is 24.8 Å². The van der Waals surface area contributed by atoms with Crippen molar-refractivity contribution in [3.05, 3.63) is 84.4 Å². The summed E-state index contributed by atoms with van der Waals surface area (Å²) in [4.78, 5) is 29.2. The van der Waals surface area contributed by atoms with Crippen molar-refractivity contribution < 1.29 is 27.5 Å². The van der Waals surface area contributed by atoms with Crippen molar-refractivity contribution in [2.75, 3.05) is 25.1 Å². The van der Waals surface area contributed by atoms with E-state index in [0.717, 1.165) is 35.6 Å². The highest BCUT2D eigenvalue weighted by Crippen LogP contribution is 2.33. The van der Waals surface area contributed by atoms with Crippen molar-refractivity contribution in [3.63, 3.8) is 0 Å². The number of nitrogens with zero attached hydrogens (tertiary/aromatic N) is 2. The number of ether oxygens (including phenoxy) is 2. The molecule has 1 saturated carbocycles. The number of hydrogen-bond acceptors (Lipinski definition) is 6. The molecule has 0 heterocycles. The van der Waals surface area contributed by atoms with E-state index in [1.165, 1.54) is 31.3 Å². The molecule has 1 atom stereocenters. The van der Waals surface area contributed by atoms with Crippen molar-refractivity contribution in [2.24, 2.45) is 0 Å². The number of carbonyl (C=O) groups excluding carboxylic acids is 2. The fourth-order valence-corrected chi connectivity index (χ4v) is 6.72. The largest absolute Gasteiger partial charge is 0.497 e. The number of para-hydroxylation sites is 2. The molecule has 1 aliphatic rings. The number of rotatable bonds is 13. The molecule has 4 rings (SSSR count). The van der Waals surface area contributed by atoms with Crippen LogP contribution in [0, 0.1) is 0 Å². The minimum absolute atomic E-state index is 0.0115. The van der Waals surface area contributed by atoms with Crippen LogP contribution < -0.4 is 19.1 Å². The van der Waals surface area contributed by atoms with Gasteiger partial charge >= 0.3 is 0 Å². The smallest absolute Gasteiger partial charge is 0.264 e. The quantitative estimate of drug-likeness (QED) is 0.306. The van der Waals surface area contributed by atoms with Crippen LogP contribution >= 0.6 is 0 Å². The van der Waals surface area contributed by atoms with Gasteiger partial charge in [-0.3, -0.25) is 13.9 Å². The lowest BCUT2D eigenvalue weighted by molar-refractivity contribution is -0.140. The van der Waals surface area contributed by atoms with E-state index in [0.29, 0.717) is 17.9 Å². The summed E-state index contributed by atoms with van der Waals surface area (Å²) in [6, 6.07) is 21.3. The average molecular weight is 594 g/mol. The average Bonchev–Trinajstić information content (AvgIpc) is 3.53. The van der Waals surface area contributed by atoms with E-state index in [-0.39, 0.29) is 29.1 Å². The number of sulfonamides is 1. The van der Waals surface area contributed by atoms with Gasteiger partial charge in [-0.1, -0.05) is 62.2 Å². The summed E-state index contributed by atoms with van der Waals surface area (Å²) in [5.41, 5.74) is 1.05. The van der Waals surface area contributed by atoms with Gasteiger partial charge < -0.3 is 19.7 Å².